The van der Waals surface area contributed by atoms with Crippen molar-refractivity contribution in [2.24, 2.45) is 9.49 Å². The fourth-order valence-electron chi connectivity index (χ4n) is 3.39. The van der Waals surface area contributed by atoms with Crippen molar-refractivity contribution in [2.45, 2.75) is 6.42 Å². The Morgan fingerprint density at radius 1 is 0.440 bits per heavy atom. The molecule has 0 aliphatic rings. The van der Waals surface area contributed by atoms with Gasteiger partial charge in [0.1, 0.15) is 0 Å². The van der Waals surface area contributed by atoms with Gasteiger partial charge in [-0.1, -0.05) is 0 Å². The molecule has 0 aliphatic carbocycles. The van der Waals surface area contributed by atoms with Gasteiger partial charge in [0.15, 0.2) is 15.0 Å². The fourth-order valence-corrected chi connectivity index (χ4v) is 10.0. The third-order valence-electron chi connectivity index (χ3n) is 4.12. The van der Waals surface area contributed by atoms with E-state index in [0.717, 1.165) is 19.5 Å². The van der Waals surface area contributed by atoms with Gasteiger partial charge in [-0.15, -0.1) is 0 Å². The van der Waals surface area contributed by atoms with Crippen molar-refractivity contribution in [1.29, 1.82) is 0 Å². The largest absolute Gasteiger partial charge is 0.261 e. The van der Waals surface area contributed by atoms with E-state index in [2.05, 4.69) is 113 Å². The van der Waals surface area contributed by atoms with Crippen LogP contribution in [0.4, 0.5) is 0 Å². The fraction of sp³-hybridized carbons (Fsp3) is 1.00. The molecular formula is C15H42N8P2. The molecule has 0 rings (SSSR count). The number of hydrogen-bond donors (Lipinski definition) is 0. The third kappa shape index (κ3) is 5.60. The second-order valence-corrected chi connectivity index (χ2v) is 14.8. The highest BCUT2D eigenvalue weighted by Crippen LogP contribution is 2.55. The van der Waals surface area contributed by atoms with Crippen molar-refractivity contribution >= 4 is 15.0 Å². The van der Waals surface area contributed by atoms with Crippen LogP contribution in [0.3, 0.4) is 0 Å². The molecule has 0 aliphatic heterocycles. The highest BCUT2D eigenvalue weighted by Gasteiger charge is 2.29. The third-order valence-corrected chi connectivity index (χ3v) is 11.7. The molecule has 0 radical (unpaired) electrons. The van der Waals surface area contributed by atoms with Crippen molar-refractivity contribution in [3.05, 3.63) is 0 Å². The first-order valence-electron chi connectivity index (χ1n) is 8.60. The molecule has 0 bridgehead atoms. The lowest BCUT2D eigenvalue weighted by molar-refractivity contribution is 0.468. The molecule has 0 spiro atoms. The van der Waals surface area contributed by atoms with Gasteiger partial charge in [0.2, 0.25) is 0 Å². The molecule has 0 aromatic carbocycles. The summed E-state index contributed by atoms with van der Waals surface area (Å²) in [6.07, 6.45) is 0.967. The van der Waals surface area contributed by atoms with E-state index >= 15 is 0 Å². The lowest BCUT2D eigenvalue weighted by atomic mass is 10.4. The van der Waals surface area contributed by atoms with Gasteiger partial charge in [-0.3, -0.25) is 37.5 Å². The van der Waals surface area contributed by atoms with Crippen LogP contribution in [-0.4, -0.2) is 126 Å². The summed E-state index contributed by atoms with van der Waals surface area (Å²) in [5, 5.41) is 0. The van der Waals surface area contributed by atoms with Gasteiger partial charge in [0.05, 0.1) is 0 Å². The molecule has 152 valence electrons. The normalized spacial score (nSPS) is 13.8. The van der Waals surface area contributed by atoms with Crippen molar-refractivity contribution < 1.29 is 0 Å². The van der Waals surface area contributed by atoms with Gasteiger partial charge in [-0.05, 0) is 91.0 Å². The second kappa shape index (κ2) is 10.5. The van der Waals surface area contributed by atoms with E-state index in [-0.39, 0.29) is 0 Å². The zero-order chi connectivity index (χ0) is 20.0. The Morgan fingerprint density at radius 2 is 0.640 bits per heavy atom. The Morgan fingerprint density at radius 3 is 0.800 bits per heavy atom. The predicted octanol–water partition coefficient (Wildman–Crippen LogP) is 2.64. The first-order valence-corrected chi connectivity index (χ1v) is 11.8. The molecule has 0 atom stereocenters. The molecular weight excluding hydrogens is 354 g/mol. The summed E-state index contributed by atoms with van der Waals surface area (Å²) in [6, 6.07) is 0. The van der Waals surface area contributed by atoms with Gasteiger partial charge < -0.3 is 0 Å². The van der Waals surface area contributed by atoms with Crippen LogP contribution in [-0.2, 0) is 0 Å². The van der Waals surface area contributed by atoms with Crippen LogP contribution >= 0.6 is 15.0 Å². The lowest BCUT2D eigenvalue weighted by Crippen LogP contribution is -2.31. The minimum atomic E-state index is -1.79. The smallest absolute Gasteiger partial charge is 0.166 e. The van der Waals surface area contributed by atoms with E-state index in [1.807, 2.05) is 0 Å². The summed E-state index contributed by atoms with van der Waals surface area (Å²) >= 11 is 0. The Labute approximate surface area is 157 Å². The minimum absolute atomic E-state index is 0.820. The van der Waals surface area contributed by atoms with Gasteiger partial charge in [-0.25, -0.2) is 0 Å². The maximum absolute atomic E-state index is 5.11. The molecule has 10 heteroatoms. The monoisotopic (exact) mass is 396 g/mol. The Kier molecular flexibility index (Phi) is 10.6. The molecule has 0 amide bonds. The van der Waals surface area contributed by atoms with E-state index < -0.39 is 15.0 Å². The first kappa shape index (κ1) is 25.2. The van der Waals surface area contributed by atoms with Gasteiger partial charge in [-0.2, -0.15) is 0 Å². The van der Waals surface area contributed by atoms with E-state index in [1.54, 1.807) is 0 Å². The number of rotatable bonds is 10. The van der Waals surface area contributed by atoms with Crippen LogP contribution in [0.1, 0.15) is 6.42 Å². The molecule has 0 fully saturated rings. The average Bonchev–Trinajstić information content (AvgIpc) is 2.44. The summed E-state index contributed by atoms with van der Waals surface area (Å²) in [7, 11) is 21.8. The van der Waals surface area contributed by atoms with Crippen LogP contribution in [0.25, 0.3) is 0 Å². The topological polar surface area (TPSA) is 44.2 Å². The van der Waals surface area contributed by atoms with Crippen LogP contribution in [0, 0.1) is 0 Å². The van der Waals surface area contributed by atoms with Crippen molar-refractivity contribution in [3.63, 3.8) is 0 Å². The van der Waals surface area contributed by atoms with Crippen molar-refractivity contribution in [1.82, 2.24) is 28.0 Å². The summed E-state index contributed by atoms with van der Waals surface area (Å²) in [6.45, 7) is 1.64. The lowest BCUT2D eigenvalue weighted by Gasteiger charge is -2.41. The maximum Gasteiger partial charge on any atom is 0.166 e. The number of hydrogen-bond acceptors (Lipinski definition) is 2. The predicted molar refractivity (Wildman–Crippen MR) is 115 cm³/mol. The van der Waals surface area contributed by atoms with Crippen LogP contribution < -0.4 is 0 Å². The van der Waals surface area contributed by atoms with E-state index in [0.29, 0.717) is 0 Å². The molecule has 0 saturated heterocycles. The van der Waals surface area contributed by atoms with Crippen molar-refractivity contribution in [2.75, 3.05) is 97.7 Å². The standard InChI is InChI=1S/C15H42N8P2/c1-18(2)24(19(3)4,20(5)6)16-14-13-15-17-25(21(7)8,22(9)10)23(11)12/h13-15H2,1-12H3. The Balaban J connectivity index is 5.39. The molecule has 0 saturated carbocycles. The highest BCUT2D eigenvalue weighted by atomic mass is 31.2. The van der Waals surface area contributed by atoms with Gasteiger partial charge in [0.25, 0.3) is 0 Å². The summed E-state index contributed by atoms with van der Waals surface area (Å²) in [4.78, 5) is 0. The average molecular weight is 397 g/mol. The minimum Gasteiger partial charge on any atom is -0.261 e. The summed E-state index contributed by atoms with van der Waals surface area (Å²) < 4.78 is 23.7. The molecule has 0 heterocycles. The molecule has 8 nitrogen and oxygen atoms in total. The zero-order valence-electron chi connectivity index (χ0n) is 18.6. The zero-order valence-corrected chi connectivity index (χ0v) is 20.4. The van der Waals surface area contributed by atoms with Gasteiger partial charge >= 0.3 is 0 Å². The van der Waals surface area contributed by atoms with E-state index in [4.69, 9.17) is 9.49 Å². The summed E-state index contributed by atoms with van der Waals surface area (Å²) in [5.41, 5.74) is 0. The van der Waals surface area contributed by atoms with Gasteiger partial charge in [0, 0.05) is 13.1 Å². The van der Waals surface area contributed by atoms with Crippen LogP contribution in [0.2, 0.25) is 0 Å². The second-order valence-electron chi connectivity index (χ2n) is 7.24. The van der Waals surface area contributed by atoms with E-state index in [1.165, 1.54) is 0 Å². The van der Waals surface area contributed by atoms with Crippen LogP contribution in [0.15, 0.2) is 9.49 Å². The number of nitrogens with zero attached hydrogens (tertiary/aromatic N) is 8. The summed E-state index contributed by atoms with van der Waals surface area (Å²) in [5.74, 6) is 0. The molecule has 25 heavy (non-hydrogen) atoms. The van der Waals surface area contributed by atoms with Crippen LogP contribution in [0.5, 0.6) is 0 Å². The molecule has 0 aromatic heterocycles. The highest BCUT2D eigenvalue weighted by molar-refractivity contribution is 7.59. The van der Waals surface area contributed by atoms with Crippen molar-refractivity contribution in [3.8, 4) is 0 Å². The Bertz CT molecular complexity index is 397. The molecule has 0 aromatic rings. The SMILES string of the molecule is CN(C)P(=NCCCN=P(N(C)C)(N(C)C)N(C)C)(N(C)C)N(C)C. The quantitative estimate of drug-likeness (QED) is 0.418. The Hall–Kier alpha value is 0.220. The molecule has 0 unspecified atom stereocenters. The molecule has 0 N–H and O–H groups in total. The first-order chi connectivity index (χ1) is 11.4. The maximum atomic E-state index is 5.11. The van der Waals surface area contributed by atoms with E-state index in [9.17, 15) is 0 Å².